The molecule has 0 saturated heterocycles. The lowest BCUT2D eigenvalue weighted by atomic mass is 10.7. The van der Waals surface area contributed by atoms with Crippen LogP contribution in [0.2, 0.25) is 0 Å². The van der Waals surface area contributed by atoms with Crippen LogP contribution in [0.4, 0.5) is 0 Å². The van der Waals surface area contributed by atoms with Crippen LogP contribution >= 0.6 is 0 Å². The second-order valence-corrected chi connectivity index (χ2v) is 1.33. The van der Waals surface area contributed by atoms with Gasteiger partial charge in [0, 0.05) is 0 Å². The first-order valence-corrected chi connectivity index (χ1v) is 3.05. The highest BCUT2D eigenvalue weighted by Gasteiger charge is 1.95. The first-order chi connectivity index (χ1) is 6.63. The summed E-state index contributed by atoms with van der Waals surface area (Å²) in [5.41, 5.74) is 3.51. The quantitative estimate of drug-likeness (QED) is 0.113. The molecule has 86 valence electrons. The van der Waals surface area contributed by atoms with E-state index in [4.69, 9.17) is 0 Å². The standard InChI is InChI=1S/C2H6N4O4.2H4N2/c7-5(8)3-1-2-4-6(9)10;2*1-2/h3-4H,1-2H2;2*1-2H2. The smallest absolute Gasteiger partial charge is 0.157 e. The predicted molar refractivity (Wildman–Crippen MR) is 46.7 cm³/mol. The average Bonchev–Trinajstić information content (AvgIpc) is 2.18. The Labute approximate surface area is 78.8 Å². The van der Waals surface area contributed by atoms with Crippen LogP contribution in [0.3, 0.4) is 0 Å². The van der Waals surface area contributed by atoms with Crippen molar-refractivity contribution < 1.29 is 10.1 Å². The van der Waals surface area contributed by atoms with Gasteiger partial charge in [-0.15, -0.1) is 10.9 Å². The van der Waals surface area contributed by atoms with Crippen molar-refractivity contribution in [3.8, 4) is 0 Å². The first-order valence-electron chi connectivity index (χ1n) is 3.05. The van der Waals surface area contributed by atoms with Gasteiger partial charge in [0.25, 0.3) is 0 Å². The summed E-state index contributed by atoms with van der Waals surface area (Å²) >= 11 is 0. The minimum Gasteiger partial charge on any atom is -0.274 e. The Morgan fingerprint density at radius 3 is 1.21 bits per heavy atom. The predicted octanol–water partition coefficient (Wildman–Crippen LogP) is -3.81. The van der Waals surface area contributed by atoms with Crippen molar-refractivity contribution in [1.82, 2.24) is 10.9 Å². The molecule has 10 N–H and O–H groups in total. The lowest BCUT2D eigenvalue weighted by molar-refractivity contribution is -0.557. The fraction of sp³-hybridized carbons (Fsp3) is 1.00. The summed E-state index contributed by atoms with van der Waals surface area (Å²) < 4.78 is 0. The van der Waals surface area contributed by atoms with E-state index in [1.54, 1.807) is 10.9 Å². The van der Waals surface area contributed by atoms with Crippen LogP contribution in [-0.4, -0.2) is 23.2 Å². The molecule has 14 heavy (non-hydrogen) atoms. The fourth-order valence-electron chi connectivity index (χ4n) is 0.294. The van der Waals surface area contributed by atoms with Crippen molar-refractivity contribution in [2.75, 3.05) is 13.1 Å². The normalized spacial score (nSPS) is 6.86. The van der Waals surface area contributed by atoms with E-state index >= 15 is 0 Å². The Hall–Kier alpha value is -1.76. The van der Waals surface area contributed by atoms with Gasteiger partial charge in [0.15, 0.2) is 10.1 Å². The number of hydrogen-bond donors (Lipinski definition) is 6. The van der Waals surface area contributed by atoms with Crippen molar-refractivity contribution in [2.45, 2.75) is 0 Å². The molecule has 0 rings (SSSR count). The second kappa shape index (κ2) is 17.4. The summed E-state index contributed by atoms with van der Waals surface area (Å²) in [6.45, 7) is -0.151. The molecule has 0 spiro atoms. The molecular weight excluding hydrogens is 200 g/mol. The Kier molecular flexibility index (Phi) is 22.5. The molecule has 0 saturated carbocycles. The van der Waals surface area contributed by atoms with Crippen LogP contribution in [0.25, 0.3) is 0 Å². The maximum atomic E-state index is 9.54. The molecule has 0 amide bonds. The van der Waals surface area contributed by atoms with E-state index in [2.05, 4.69) is 23.4 Å². The molecule has 0 bridgehead atoms. The third-order valence-corrected chi connectivity index (χ3v) is 0.607. The van der Waals surface area contributed by atoms with Gasteiger partial charge in [0.2, 0.25) is 0 Å². The van der Waals surface area contributed by atoms with Gasteiger partial charge in [-0.2, -0.15) is 0 Å². The molecule has 0 aromatic heterocycles. The second-order valence-electron chi connectivity index (χ2n) is 1.33. The number of nitro groups is 2. The van der Waals surface area contributed by atoms with Gasteiger partial charge in [-0.25, -0.2) is 20.2 Å². The monoisotopic (exact) mass is 214 g/mol. The molecule has 0 unspecified atom stereocenters. The van der Waals surface area contributed by atoms with Gasteiger partial charge in [-0.1, -0.05) is 0 Å². The zero-order valence-electron chi connectivity index (χ0n) is 7.25. The van der Waals surface area contributed by atoms with Crippen molar-refractivity contribution >= 4 is 0 Å². The molecule has 0 aromatic carbocycles. The third kappa shape index (κ3) is 31.8. The van der Waals surface area contributed by atoms with Crippen LogP contribution in [0, 0.1) is 20.2 Å². The topological polar surface area (TPSA) is 214 Å². The van der Waals surface area contributed by atoms with Crippen molar-refractivity contribution in [3.63, 3.8) is 0 Å². The molecule has 12 nitrogen and oxygen atoms in total. The Balaban J connectivity index is -0.000000266. The summed E-state index contributed by atoms with van der Waals surface area (Å²) in [5, 5.41) is 17.6. The Morgan fingerprint density at radius 1 is 0.857 bits per heavy atom. The van der Waals surface area contributed by atoms with Gasteiger partial charge < -0.3 is 0 Å². The summed E-state index contributed by atoms with van der Waals surface area (Å²) in [5.74, 6) is 16.0. The summed E-state index contributed by atoms with van der Waals surface area (Å²) in [7, 11) is 0. The Bertz CT molecular complexity index is 123. The van der Waals surface area contributed by atoms with Crippen molar-refractivity contribution in [3.05, 3.63) is 20.2 Å². The highest BCUT2D eigenvalue weighted by molar-refractivity contribution is 4.33. The summed E-state index contributed by atoms with van der Waals surface area (Å²) in [6, 6.07) is 0. The zero-order chi connectivity index (χ0) is 12.0. The van der Waals surface area contributed by atoms with Crippen molar-refractivity contribution in [2.24, 2.45) is 23.4 Å². The highest BCUT2D eigenvalue weighted by Crippen LogP contribution is 1.60. The molecular formula is C2H14N8O4. The van der Waals surface area contributed by atoms with Gasteiger partial charge in [0.1, 0.15) is 0 Å². The van der Waals surface area contributed by atoms with Crippen LogP contribution < -0.4 is 34.2 Å². The minimum absolute atomic E-state index is 0.0754. The van der Waals surface area contributed by atoms with Crippen LogP contribution in [0.15, 0.2) is 0 Å². The average molecular weight is 214 g/mol. The van der Waals surface area contributed by atoms with Crippen LogP contribution in [-0.2, 0) is 0 Å². The SMILES string of the molecule is NN.NN.O=[N+]([O-])NCCN[N+](=O)[O-]. The van der Waals surface area contributed by atoms with Crippen LogP contribution in [0.1, 0.15) is 0 Å². The molecule has 0 radical (unpaired) electrons. The highest BCUT2D eigenvalue weighted by atomic mass is 16.7. The third-order valence-electron chi connectivity index (χ3n) is 0.607. The van der Waals surface area contributed by atoms with E-state index in [0.29, 0.717) is 0 Å². The molecule has 0 aliphatic carbocycles. The van der Waals surface area contributed by atoms with E-state index in [-0.39, 0.29) is 13.1 Å². The van der Waals surface area contributed by atoms with E-state index in [1.807, 2.05) is 0 Å². The van der Waals surface area contributed by atoms with E-state index < -0.39 is 10.1 Å². The Morgan fingerprint density at radius 2 is 1.07 bits per heavy atom. The largest absolute Gasteiger partial charge is 0.274 e. The number of nitrogens with zero attached hydrogens (tertiary/aromatic N) is 2. The van der Waals surface area contributed by atoms with Gasteiger partial charge >= 0.3 is 0 Å². The molecule has 0 fully saturated rings. The zero-order valence-corrected chi connectivity index (χ0v) is 7.25. The minimum atomic E-state index is -0.762. The lowest BCUT2D eigenvalue weighted by Gasteiger charge is -1.93. The molecule has 12 heteroatoms. The maximum Gasteiger partial charge on any atom is 0.157 e. The molecule has 0 aliphatic rings. The molecule has 0 aliphatic heterocycles. The van der Waals surface area contributed by atoms with E-state index in [0.717, 1.165) is 0 Å². The summed E-state index contributed by atoms with van der Waals surface area (Å²) in [4.78, 5) is 19.1. The lowest BCUT2D eigenvalue weighted by Crippen LogP contribution is -2.33. The number of hydrazine groups is 4. The first kappa shape index (κ1) is 18.1. The van der Waals surface area contributed by atoms with E-state index in [1.165, 1.54) is 0 Å². The van der Waals surface area contributed by atoms with Gasteiger partial charge in [-0.3, -0.25) is 23.4 Å². The molecule has 0 aromatic rings. The maximum absolute atomic E-state index is 9.54. The summed E-state index contributed by atoms with van der Waals surface area (Å²) in [6.07, 6.45) is 0. The van der Waals surface area contributed by atoms with Gasteiger partial charge in [0.05, 0.1) is 13.1 Å². The number of nitrogens with one attached hydrogen (secondary N) is 2. The van der Waals surface area contributed by atoms with Crippen molar-refractivity contribution in [1.29, 1.82) is 0 Å². The van der Waals surface area contributed by atoms with Gasteiger partial charge in [-0.05, 0) is 0 Å². The molecule has 0 heterocycles. The van der Waals surface area contributed by atoms with Crippen LogP contribution in [0.5, 0.6) is 0 Å². The van der Waals surface area contributed by atoms with E-state index in [9.17, 15) is 20.2 Å². The number of hydrogen-bond acceptors (Lipinski definition) is 8. The number of nitrogens with two attached hydrogens (primary N) is 4. The molecule has 0 atom stereocenters. The number of rotatable bonds is 5. The fourth-order valence-corrected chi connectivity index (χ4v) is 0.294.